The third kappa shape index (κ3) is 2.73. The van der Waals surface area contributed by atoms with E-state index in [1.807, 2.05) is 25.1 Å². The van der Waals surface area contributed by atoms with Crippen molar-refractivity contribution in [1.29, 1.82) is 0 Å². The maximum atomic E-state index is 13.6. The number of H-pyrrole nitrogens is 1. The van der Waals surface area contributed by atoms with Gasteiger partial charge in [-0.05, 0) is 31.2 Å². The first-order valence-corrected chi connectivity index (χ1v) is 8.05. The monoisotopic (exact) mass is 350 g/mol. The molecule has 0 bridgehead atoms. The Morgan fingerprint density at radius 2 is 2.04 bits per heavy atom. The first-order valence-electron chi connectivity index (χ1n) is 8.05. The van der Waals surface area contributed by atoms with Crippen molar-refractivity contribution in [1.82, 2.24) is 14.8 Å². The number of aryl methyl sites for hydroxylation is 1. The maximum Gasteiger partial charge on any atom is 0.291 e. The van der Waals surface area contributed by atoms with Crippen LogP contribution in [-0.4, -0.2) is 20.7 Å². The number of carbonyl (C=O) groups excluding carboxylic acids is 1. The number of anilines is 1. The average Bonchev–Trinajstić information content (AvgIpc) is 2.98. The summed E-state index contributed by atoms with van der Waals surface area (Å²) >= 11 is 0. The minimum absolute atomic E-state index is 0.0627. The predicted octanol–water partition coefficient (Wildman–Crippen LogP) is 2.96. The Kier molecular flexibility index (Phi) is 3.76. The number of halogens is 1. The molecule has 0 saturated carbocycles. The van der Waals surface area contributed by atoms with E-state index in [-0.39, 0.29) is 12.2 Å². The number of carbonyl (C=O) groups is 1. The largest absolute Gasteiger partial charge is 0.350 e. The summed E-state index contributed by atoms with van der Waals surface area (Å²) in [6, 6.07) is 11.7. The molecule has 2 N–H and O–H groups in total. The van der Waals surface area contributed by atoms with Gasteiger partial charge in [-0.25, -0.2) is 9.07 Å². The van der Waals surface area contributed by atoms with Gasteiger partial charge >= 0.3 is 0 Å². The number of fused-ring (bicyclic) bond motifs is 3. The van der Waals surface area contributed by atoms with Crippen LogP contribution in [0.2, 0.25) is 0 Å². The molecule has 0 unspecified atom stereocenters. The summed E-state index contributed by atoms with van der Waals surface area (Å²) in [7, 11) is 0. The van der Waals surface area contributed by atoms with Gasteiger partial charge in [0.2, 0.25) is 5.91 Å². The molecule has 0 saturated heterocycles. The van der Waals surface area contributed by atoms with Gasteiger partial charge in [0.15, 0.2) is 0 Å². The Balaban J connectivity index is 1.68. The zero-order valence-corrected chi connectivity index (χ0v) is 13.9. The lowest BCUT2D eigenvalue weighted by Gasteiger charge is -2.07. The predicted molar refractivity (Wildman–Crippen MR) is 97.6 cm³/mol. The SMILES string of the molecule is Cc1ccc2[nH]c3c(=O)n(CC(=O)Nc4ccccc4F)ncc3c2c1. The second kappa shape index (κ2) is 6.11. The van der Waals surface area contributed by atoms with Gasteiger partial charge in [-0.3, -0.25) is 9.59 Å². The molecule has 0 spiro atoms. The summed E-state index contributed by atoms with van der Waals surface area (Å²) in [6.07, 6.45) is 1.56. The van der Waals surface area contributed by atoms with Crippen molar-refractivity contribution >= 4 is 33.4 Å². The standard InChI is InChI=1S/C19H15FN4O2/c1-11-6-7-15-12(8-11)13-9-21-24(19(26)18(13)23-15)10-17(25)22-16-5-3-2-4-14(16)20/h2-9,23H,10H2,1H3,(H,22,25). The number of benzene rings is 2. The van der Waals surface area contributed by atoms with E-state index < -0.39 is 17.3 Å². The van der Waals surface area contributed by atoms with E-state index in [1.165, 1.54) is 18.2 Å². The zero-order chi connectivity index (χ0) is 18.3. The highest BCUT2D eigenvalue weighted by molar-refractivity contribution is 6.06. The molecule has 4 aromatic rings. The molecule has 1 amide bonds. The molecule has 0 fully saturated rings. The van der Waals surface area contributed by atoms with E-state index in [4.69, 9.17) is 0 Å². The highest BCUT2D eigenvalue weighted by atomic mass is 19.1. The normalized spacial score (nSPS) is 11.2. The molecular weight excluding hydrogens is 335 g/mol. The van der Waals surface area contributed by atoms with Crippen LogP contribution in [0.5, 0.6) is 0 Å². The highest BCUT2D eigenvalue weighted by Gasteiger charge is 2.13. The zero-order valence-electron chi connectivity index (χ0n) is 13.9. The van der Waals surface area contributed by atoms with Gasteiger partial charge in [0.1, 0.15) is 17.9 Å². The van der Waals surface area contributed by atoms with Crippen molar-refractivity contribution in [2.45, 2.75) is 13.5 Å². The lowest BCUT2D eigenvalue weighted by Crippen LogP contribution is -2.29. The van der Waals surface area contributed by atoms with E-state index in [0.717, 1.165) is 21.1 Å². The smallest absolute Gasteiger partial charge is 0.291 e. The van der Waals surface area contributed by atoms with Crippen molar-refractivity contribution in [2.75, 3.05) is 5.32 Å². The Hall–Kier alpha value is -3.48. The molecule has 7 heteroatoms. The van der Waals surface area contributed by atoms with E-state index in [0.29, 0.717) is 10.9 Å². The molecule has 130 valence electrons. The number of nitrogens with one attached hydrogen (secondary N) is 2. The Labute approximate surface area is 147 Å². The van der Waals surface area contributed by atoms with Crippen molar-refractivity contribution in [3.63, 3.8) is 0 Å². The van der Waals surface area contributed by atoms with Crippen LogP contribution in [0.25, 0.3) is 21.8 Å². The summed E-state index contributed by atoms with van der Waals surface area (Å²) in [5, 5.41) is 8.15. The lowest BCUT2D eigenvalue weighted by molar-refractivity contribution is -0.117. The summed E-state index contributed by atoms with van der Waals surface area (Å²) in [5.74, 6) is -1.07. The van der Waals surface area contributed by atoms with Crippen molar-refractivity contribution in [2.24, 2.45) is 0 Å². The van der Waals surface area contributed by atoms with Crippen LogP contribution in [0.15, 0.2) is 53.5 Å². The number of amides is 1. The topological polar surface area (TPSA) is 79.8 Å². The second-order valence-electron chi connectivity index (χ2n) is 6.10. The number of rotatable bonds is 3. The summed E-state index contributed by atoms with van der Waals surface area (Å²) in [6.45, 7) is 1.66. The van der Waals surface area contributed by atoms with Gasteiger partial charge in [-0.1, -0.05) is 23.8 Å². The minimum Gasteiger partial charge on any atom is -0.350 e. The third-order valence-corrected chi connectivity index (χ3v) is 4.21. The molecule has 6 nitrogen and oxygen atoms in total. The van der Waals surface area contributed by atoms with Gasteiger partial charge in [0.05, 0.1) is 11.9 Å². The third-order valence-electron chi connectivity index (χ3n) is 4.21. The van der Waals surface area contributed by atoms with E-state index in [1.54, 1.807) is 12.3 Å². The fraction of sp³-hybridized carbons (Fsp3) is 0.105. The van der Waals surface area contributed by atoms with Crippen LogP contribution in [0.4, 0.5) is 10.1 Å². The van der Waals surface area contributed by atoms with Crippen LogP contribution in [0, 0.1) is 12.7 Å². The number of hydrogen-bond donors (Lipinski definition) is 2. The number of aromatic amines is 1. The molecule has 0 aliphatic carbocycles. The van der Waals surface area contributed by atoms with Crippen LogP contribution in [0.1, 0.15) is 5.56 Å². The van der Waals surface area contributed by atoms with Gasteiger partial charge in [0, 0.05) is 16.3 Å². The number of hydrogen-bond acceptors (Lipinski definition) is 3. The maximum absolute atomic E-state index is 13.6. The molecule has 0 atom stereocenters. The molecule has 0 aliphatic rings. The molecule has 26 heavy (non-hydrogen) atoms. The number of aromatic nitrogens is 3. The van der Waals surface area contributed by atoms with Crippen LogP contribution in [-0.2, 0) is 11.3 Å². The number of nitrogens with zero attached hydrogens (tertiary/aromatic N) is 2. The second-order valence-corrected chi connectivity index (χ2v) is 6.10. The van der Waals surface area contributed by atoms with Crippen molar-refractivity contribution < 1.29 is 9.18 Å². The van der Waals surface area contributed by atoms with Gasteiger partial charge in [-0.15, -0.1) is 0 Å². The van der Waals surface area contributed by atoms with Gasteiger partial charge in [0.25, 0.3) is 5.56 Å². The highest BCUT2D eigenvalue weighted by Crippen LogP contribution is 2.23. The van der Waals surface area contributed by atoms with Gasteiger partial charge in [-0.2, -0.15) is 5.10 Å². The fourth-order valence-electron chi connectivity index (χ4n) is 2.94. The molecule has 0 radical (unpaired) electrons. The number of para-hydroxylation sites is 1. The average molecular weight is 350 g/mol. The van der Waals surface area contributed by atoms with E-state index in [9.17, 15) is 14.0 Å². The molecular formula is C19H15FN4O2. The summed E-state index contributed by atoms with van der Waals surface area (Å²) < 4.78 is 14.7. The van der Waals surface area contributed by atoms with Crippen molar-refractivity contribution in [3.05, 3.63) is 70.4 Å². The van der Waals surface area contributed by atoms with Crippen LogP contribution >= 0.6 is 0 Å². The first-order chi connectivity index (χ1) is 12.5. The van der Waals surface area contributed by atoms with Crippen LogP contribution < -0.4 is 10.9 Å². The summed E-state index contributed by atoms with van der Waals surface area (Å²) in [5.41, 5.74) is 1.96. The van der Waals surface area contributed by atoms with Crippen LogP contribution in [0.3, 0.4) is 0 Å². The molecule has 4 rings (SSSR count). The Morgan fingerprint density at radius 3 is 2.85 bits per heavy atom. The van der Waals surface area contributed by atoms with E-state index >= 15 is 0 Å². The van der Waals surface area contributed by atoms with E-state index in [2.05, 4.69) is 15.4 Å². The Bertz CT molecular complexity index is 1210. The summed E-state index contributed by atoms with van der Waals surface area (Å²) in [4.78, 5) is 27.9. The lowest BCUT2D eigenvalue weighted by atomic mass is 10.1. The minimum atomic E-state index is -0.539. The quantitative estimate of drug-likeness (QED) is 0.596. The fourth-order valence-corrected chi connectivity index (χ4v) is 2.94. The van der Waals surface area contributed by atoms with Crippen molar-refractivity contribution in [3.8, 4) is 0 Å². The Morgan fingerprint density at radius 1 is 1.23 bits per heavy atom. The molecule has 2 heterocycles. The molecule has 2 aromatic heterocycles. The first kappa shape index (κ1) is 16.0. The molecule has 2 aromatic carbocycles. The van der Waals surface area contributed by atoms with Gasteiger partial charge < -0.3 is 10.3 Å². The molecule has 0 aliphatic heterocycles.